The van der Waals surface area contributed by atoms with Crippen LogP contribution in [0.3, 0.4) is 0 Å². The monoisotopic (exact) mass is 522 g/mol. The van der Waals surface area contributed by atoms with Gasteiger partial charge in [-0.05, 0) is 43.9 Å². The summed E-state index contributed by atoms with van der Waals surface area (Å²) in [7, 11) is 0. The van der Waals surface area contributed by atoms with Gasteiger partial charge in [-0.15, -0.1) is 0 Å². The van der Waals surface area contributed by atoms with Crippen molar-refractivity contribution in [3.8, 4) is 0 Å². The van der Waals surface area contributed by atoms with Gasteiger partial charge in [-0.1, -0.05) is 11.6 Å². The topological polar surface area (TPSA) is 163 Å². The highest BCUT2D eigenvalue weighted by Crippen LogP contribution is 2.23. The summed E-state index contributed by atoms with van der Waals surface area (Å²) in [5.41, 5.74) is 16.9. The lowest BCUT2D eigenvalue weighted by atomic mass is 9.97. The van der Waals surface area contributed by atoms with Crippen LogP contribution in [0.15, 0.2) is 35.6 Å². The van der Waals surface area contributed by atoms with Gasteiger partial charge in [-0.25, -0.2) is 9.18 Å². The second kappa shape index (κ2) is 12.5. The zero-order valence-corrected chi connectivity index (χ0v) is 20.7. The van der Waals surface area contributed by atoms with Crippen LogP contribution in [0.5, 0.6) is 0 Å². The Hall–Kier alpha value is -3.38. The normalized spacial score (nSPS) is 18.5. The minimum absolute atomic E-state index is 0.00350. The number of piperidine rings is 1. The predicted molar refractivity (Wildman–Crippen MR) is 135 cm³/mol. The smallest absolute Gasteiger partial charge is 0.324 e. The van der Waals surface area contributed by atoms with Gasteiger partial charge in [-0.2, -0.15) is 0 Å². The SMILES string of the molecule is NC(N)=NCCC[C@H](N)C(=O)N1C=CN(C(=O)N2CCC[C@H](C(=O)Nc3ccc(Cl)c(F)c3)C2)CC1. The average Bonchev–Trinajstić information content (AvgIpc) is 2.87. The third kappa shape index (κ3) is 7.31. The third-order valence-corrected chi connectivity index (χ3v) is 6.38. The van der Waals surface area contributed by atoms with Crippen LogP contribution < -0.4 is 22.5 Å². The zero-order chi connectivity index (χ0) is 26.2. The molecule has 2 aliphatic heterocycles. The Kier molecular flexibility index (Phi) is 9.48. The summed E-state index contributed by atoms with van der Waals surface area (Å²) in [4.78, 5) is 46.8. The lowest BCUT2D eigenvalue weighted by molar-refractivity contribution is -0.130. The van der Waals surface area contributed by atoms with Crippen LogP contribution in [0.4, 0.5) is 14.9 Å². The number of anilines is 1. The average molecular weight is 523 g/mol. The minimum Gasteiger partial charge on any atom is -0.370 e. The highest BCUT2D eigenvalue weighted by Gasteiger charge is 2.32. The molecule has 36 heavy (non-hydrogen) atoms. The largest absolute Gasteiger partial charge is 0.370 e. The van der Waals surface area contributed by atoms with Gasteiger partial charge in [0.2, 0.25) is 11.8 Å². The molecule has 0 bridgehead atoms. The van der Waals surface area contributed by atoms with E-state index in [9.17, 15) is 18.8 Å². The first-order valence-electron chi connectivity index (χ1n) is 11.8. The van der Waals surface area contributed by atoms with Crippen molar-refractivity contribution < 1.29 is 18.8 Å². The Morgan fingerprint density at radius 3 is 2.56 bits per heavy atom. The summed E-state index contributed by atoms with van der Waals surface area (Å²) in [6.45, 7) is 1.77. The molecule has 2 heterocycles. The third-order valence-electron chi connectivity index (χ3n) is 6.07. The lowest BCUT2D eigenvalue weighted by Gasteiger charge is -2.37. The number of halogens is 2. The van der Waals surface area contributed by atoms with Gasteiger partial charge >= 0.3 is 6.03 Å². The quantitative estimate of drug-likeness (QED) is 0.239. The van der Waals surface area contributed by atoms with Crippen LogP contribution >= 0.6 is 11.6 Å². The number of nitrogens with zero attached hydrogens (tertiary/aromatic N) is 4. The molecular weight excluding hydrogens is 491 g/mol. The lowest BCUT2D eigenvalue weighted by Crippen LogP contribution is -2.52. The summed E-state index contributed by atoms with van der Waals surface area (Å²) in [6, 6.07) is 3.13. The van der Waals surface area contributed by atoms with Crippen molar-refractivity contribution in [3.05, 3.63) is 41.4 Å². The van der Waals surface area contributed by atoms with E-state index in [2.05, 4.69) is 10.3 Å². The summed E-state index contributed by atoms with van der Waals surface area (Å²) in [5.74, 6) is -1.57. The van der Waals surface area contributed by atoms with Gasteiger partial charge in [0.15, 0.2) is 5.96 Å². The van der Waals surface area contributed by atoms with Gasteiger partial charge in [0.25, 0.3) is 0 Å². The van der Waals surface area contributed by atoms with Crippen LogP contribution in [-0.2, 0) is 9.59 Å². The number of likely N-dealkylation sites (tertiary alicyclic amines) is 1. The molecule has 1 aromatic rings. The zero-order valence-electron chi connectivity index (χ0n) is 19.9. The number of nitrogens with one attached hydrogen (secondary N) is 1. The van der Waals surface area contributed by atoms with Crippen molar-refractivity contribution >= 4 is 41.1 Å². The molecule has 11 nitrogen and oxygen atoms in total. The second-order valence-electron chi connectivity index (χ2n) is 8.76. The van der Waals surface area contributed by atoms with Crippen molar-refractivity contribution in [1.29, 1.82) is 0 Å². The van der Waals surface area contributed by atoms with E-state index in [1.165, 1.54) is 21.9 Å². The molecule has 0 aliphatic carbocycles. The summed E-state index contributed by atoms with van der Waals surface area (Å²) in [6.07, 6.45) is 5.38. The molecule has 0 aromatic heterocycles. The van der Waals surface area contributed by atoms with Gasteiger partial charge < -0.3 is 32.3 Å². The number of guanidine groups is 1. The standard InChI is InChI=1S/C23H32ClFN8O3/c24-17-6-5-16(13-18(17)25)30-20(34)15-3-2-8-33(14-15)23(36)32-11-9-31(10-12-32)21(35)19(26)4-1-7-29-22(27)28/h5-6,9,11,13,15,19H,1-4,7-8,10,12,14,26H2,(H,30,34)(H4,27,28,29)/t15-,19-/m0/s1. The Balaban J connectivity index is 1.50. The van der Waals surface area contributed by atoms with Gasteiger partial charge in [-0.3, -0.25) is 19.5 Å². The molecule has 196 valence electrons. The molecule has 0 radical (unpaired) electrons. The summed E-state index contributed by atoms with van der Waals surface area (Å²) in [5, 5.41) is 2.67. The van der Waals surface area contributed by atoms with E-state index in [4.69, 9.17) is 28.8 Å². The summed E-state index contributed by atoms with van der Waals surface area (Å²) >= 11 is 5.69. The fourth-order valence-corrected chi connectivity index (χ4v) is 4.21. The molecule has 0 saturated carbocycles. The van der Waals surface area contributed by atoms with Gasteiger partial charge in [0.1, 0.15) is 5.82 Å². The Morgan fingerprint density at radius 2 is 1.89 bits per heavy atom. The molecular formula is C23H32ClFN8O3. The van der Waals surface area contributed by atoms with E-state index in [0.29, 0.717) is 57.5 Å². The van der Waals surface area contributed by atoms with E-state index >= 15 is 0 Å². The molecule has 1 saturated heterocycles. The van der Waals surface area contributed by atoms with Crippen LogP contribution in [0.1, 0.15) is 25.7 Å². The van der Waals surface area contributed by atoms with Crippen molar-refractivity contribution in [3.63, 3.8) is 0 Å². The van der Waals surface area contributed by atoms with Crippen LogP contribution in [0.2, 0.25) is 5.02 Å². The number of nitrogens with two attached hydrogens (primary N) is 3. The first-order valence-corrected chi connectivity index (χ1v) is 12.1. The summed E-state index contributed by atoms with van der Waals surface area (Å²) < 4.78 is 13.7. The van der Waals surface area contributed by atoms with Crippen molar-refractivity contribution in [1.82, 2.24) is 14.7 Å². The van der Waals surface area contributed by atoms with E-state index in [1.807, 2.05) is 0 Å². The number of carbonyl (C=O) groups excluding carboxylic acids is 3. The fraction of sp³-hybridized carbons (Fsp3) is 0.478. The Bertz CT molecular complexity index is 1030. The minimum atomic E-state index is -0.693. The number of amides is 4. The van der Waals surface area contributed by atoms with E-state index in [0.717, 1.165) is 6.07 Å². The number of rotatable bonds is 7. The number of hydrogen-bond acceptors (Lipinski definition) is 5. The second-order valence-corrected chi connectivity index (χ2v) is 9.17. The molecule has 0 spiro atoms. The number of carbonyl (C=O) groups is 3. The van der Waals surface area contributed by atoms with Gasteiger partial charge in [0, 0.05) is 50.8 Å². The number of hydrogen-bond donors (Lipinski definition) is 4. The van der Waals surface area contributed by atoms with Crippen LogP contribution in [0, 0.1) is 11.7 Å². The highest BCUT2D eigenvalue weighted by atomic mass is 35.5. The van der Waals surface area contributed by atoms with Gasteiger partial charge in [0.05, 0.1) is 17.0 Å². The molecule has 13 heteroatoms. The van der Waals surface area contributed by atoms with E-state index < -0.39 is 17.8 Å². The molecule has 3 rings (SSSR count). The molecule has 1 aromatic carbocycles. The maximum absolute atomic E-state index is 13.7. The number of aliphatic imine (C=N–C) groups is 1. The van der Waals surface area contributed by atoms with E-state index in [-0.39, 0.29) is 35.4 Å². The van der Waals surface area contributed by atoms with Crippen molar-refractivity contribution in [2.75, 3.05) is 38.0 Å². The van der Waals surface area contributed by atoms with Crippen molar-refractivity contribution in [2.24, 2.45) is 28.1 Å². The van der Waals surface area contributed by atoms with Crippen LogP contribution in [-0.4, -0.2) is 77.3 Å². The van der Waals surface area contributed by atoms with E-state index in [1.54, 1.807) is 17.3 Å². The molecule has 0 unspecified atom stereocenters. The maximum atomic E-state index is 13.7. The molecule has 1 fully saturated rings. The van der Waals surface area contributed by atoms with Crippen molar-refractivity contribution in [2.45, 2.75) is 31.7 Å². The molecule has 2 aliphatic rings. The maximum Gasteiger partial charge on any atom is 0.324 e. The highest BCUT2D eigenvalue weighted by molar-refractivity contribution is 6.30. The first-order chi connectivity index (χ1) is 17.2. The first kappa shape index (κ1) is 27.2. The molecule has 2 atom stereocenters. The number of benzene rings is 1. The molecule has 4 amide bonds. The number of urea groups is 1. The Labute approximate surface area is 214 Å². The van der Waals surface area contributed by atoms with Crippen LogP contribution in [0.25, 0.3) is 0 Å². The Morgan fingerprint density at radius 1 is 1.17 bits per heavy atom. The predicted octanol–water partition coefficient (Wildman–Crippen LogP) is 1.25. The fourth-order valence-electron chi connectivity index (χ4n) is 4.09. The molecule has 7 N–H and O–H groups in total.